The van der Waals surface area contributed by atoms with Gasteiger partial charge < -0.3 is 14.7 Å². The first-order valence-electron chi connectivity index (χ1n) is 9.25. The van der Waals surface area contributed by atoms with Crippen LogP contribution in [-0.2, 0) is 4.74 Å². The van der Waals surface area contributed by atoms with Gasteiger partial charge in [0.25, 0.3) is 0 Å². The summed E-state index contributed by atoms with van der Waals surface area (Å²) in [7, 11) is 1.73. The average Bonchev–Trinajstić information content (AvgIpc) is 3.40. The summed E-state index contributed by atoms with van der Waals surface area (Å²) in [6, 6.07) is 7.96. The van der Waals surface area contributed by atoms with Crippen molar-refractivity contribution in [2.24, 2.45) is 0 Å². The largest absolute Gasteiger partial charge is 0.465 e. The number of hydrogen-bond acceptors (Lipinski definition) is 4. The molecule has 0 unspecified atom stereocenters. The molecule has 1 saturated heterocycles. The number of rotatable bonds is 4. The van der Waals surface area contributed by atoms with E-state index in [1.54, 1.807) is 19.2 Å². The summed E-state index contributed by atoms with van der Waals surface area (Å²) in [6.07, 6.45) is 5.70. The smallest absolute Gasteiger partial charge is 0.409 e. The van der Waals surface area contributed by atoms with E-state index in [1.165, 1.54) is 19.3 Å². The van der Waals surface area contributed by atoms with Gasteiger partial charge in [0.1, 0.15) is 0 Å². The van der Waals surface area contributed by atoms with E-state index < -0.39 is 6.09 Å². The molecule has 2 fully saturated rings. The first kappa shape index (κ1) is 18.5. The second kappa shape index (κ2) is 8.36. The van der Waals surface area contributed by atoms with Crippen molar-refractivity contribution in [3.63, 3.8) is 0 Å². The van der Waals surface area contributed by atoms with Crippen LogP contribution >= 0.6 is 0 Å². The summed E-state index contributed by atoms with van der Waals surface area (Å²) >= 11 is 0. The molecule has 0 bridgehead atoms. The number of benzene rings is 1. The number of methoxy groups -OCH3 is 1. The molecule has 1 aliphatic heterocycles. The van der Waals surface area contributed by atoms with Crippen molar-refractivity contribution in [3.8, 4) is 0 Å². The van der Waals surface area contributed by atoms with Crippen LogP contribution in [0, 0.1) is 6.92 Å². The van der Waals surface area contributed by atoms with Crippen LogP contribution in [0.4, 0.5) is 16.2 Å². The van der Waals surface area contributed by atoms with Crippen LogP contribution in [0.3, 0.4) is 0 Å². The van der Waals surface area contributed by atoms with Gasteiger partial charge in [0, 0.05) is 36.1 Å². The minimum absolute atomic E-state index is 0.377. The second-order valence-electron chi connectivity index (χ2n) is 6.95. The van der Waals surface area contributed by atoms with E-state index in [0.29, 0.717) is 18.3 Å². The monoisotopic (exact) mass is 357 g/mol. The van der Waals surface area contributed by atoms with Crippen LogP contribution in [0.15, 0.2) is 24.3 Å². The lowest BCUT2D eigenvalue weighted by atomic mass is 10.1. The topological polar surface area (TPSA) is 74.7 Å². The molecule has 1 saturated carbocycles. The van der Waals surface area contributed by atoms with Gasteiger partial charge in [0.05, 0.1) is 18.2 Å². The third-order valence-electron chi connectivity index (χ3n) is 4.57. The molecule has 140 valence electrons. The van der Waals surface area contributed by atoms with Gasteiger partial charge in [-0.05, 0) is 44.0 Å². The van der Waals surface area contributed by atoms with Gasteiger partial charge in [0.2, 0.25) is 0 Å². The van der Waals surface area contributed by atoms with Crippen molar-refractivity contribution in [1.82, 2.24) is 4.98 Å². The molecule has 2 N–H and O–H groups in total. The highest BCUT2D eigenvalue weighted by Gasteiger charge is 2.26. The fourth-order valence-corrected chi connectivity index (χ4v) is 3.30. The fourth-order valence-electron chi connectivity index (χ4n) is 3.30. The zero-order valence-corrected chi connectivity index (χ0v) is 15.5. The summed E-state index contributed by atoms with van der Waals surface area (Å²) in [5, 5.41) is 12.3. The summed E-state index contributed by atoms with van der Waals surface area (Å²) in [5.41, 5.74) is 3.40. The molecule has 2 heterocycles. The van der Waals surface area contributed by atoms with Crippen molar-refractivity contribution in [1.29, 1.82) is 0 Å². The Morgan fingerprint density at radius 1 is 1.31 bits per heavy atom. The summed E-state index contributed by atoms with van der Waals surface area (Å²) in [5.74, 6) is 0. The van der Waals surface area contributed by atoms with Crippen LogP contribution in [0.2, 0.25) is 0 Å². The predicted octanol–water partition coefficient (Wildman–Crippen LogP) is 4.42. The number of nitrogens with zero attached hydrogens (tertiary/aromatic N) is 2. The molecule has 6 heteroatoms. The Hall–Kier alpha value is -2.34. The van der Waals surface area contributed by atoms with Crippen molar-refractivity contribution in [2.75, 3.05) is 30.5 Å². The van der Waals surface area contributed by atoms with E-state index in [2.05, 4.69) is 21.3 Å². The minimum atomic E-state index is -1.07. The highest BCUT2D eigenvalue weighted by molar-refractivity contribution is 5.96. The molecular weight excluding hydrogens is 330 g/mol. The maximum atomic E-state index is 10.8. The molecule has 1 atom stereocenters. The van der Waals surface area contributed by atoms with Crippen LogP contribution < -0.4 is 10.2 Å². The van der Waals surface area contributed by atoms with Crippen molar-refractivity contribution < 1.29 is 14.6 Å². The van der Waals surface area contributed by atoms with Gasteiger partial charge >= 0.3 is 6.09 Å². The molecular formula is C20H27N3O3. The van der Waals surface area contributed by atoms with Gasteiger partial charge in [-0.15, -0.1) is 0 Å². The lowest BCUT2D eigenvalue weighted by Crippen LogP contribution is -2.33. The van der Waals surface area contributed by atoms with Gasteiger partial charge in [0.15, 0.2) is 0 Å². The number of pyridine rings is 1. The lowest BCUT2D eigenvalue weighted by molar-refractivity contribution is 0.181. The number of fused-ring (bicyclic) bond motifs is 1. The van der Waals surface area contributed by atoms with E-state index in [9.17, 15) is 4.79 Å². The summed E-state index contributed by atoms with van der Waals surface area (Å²) in [6.45, 7) is 3.67. The number of carbonyl (C=O) groups is 1. The SMILES string of the molecule is C1CC1.COC[C@@H]1CCCN1c1cc(C)nc2cc(NC(=O)O)ccc12. The van der Waals surface area contributed by atoms with Gasteiger partial charge in [-0.3, -0.25) is 10.3 Å². The zero-order chi connectivity index (χ0) is 18.5. The molecule has 1 aromatic heterocycles. The standard InChI is InChI=1S/C17H21N3O3.C3H6/c1-11-8-16(20-7-3-4-13(20)10-23-2)14-6-5-12(19-17(21)22)9-15(14)18-11;1-2-3-1/h5-6,8-9,13,19H,3-4,7,10H2,1-2H3,(H,21,22);1-3H2/t13-;/m0./s1. The highest BCUT2D eigenvalue weighted by Crippen LogP contribution is 2.33. The van der Waals surface area contributed by atoms with E-state index in [4.69, 9.17) is 9.84 Å². The molecule has 4 rings (SSSR count). The van der Waals surface area contributed by atoms with E-state index in [-0.39, 0.29) is 0 Å². The van der Waals surface area contributed by atoms with E-state index in [0.717, 1.165) is 41.7 Å². The van der Waals surface area contributed by atoms with Crippen LogP contribution in [-0.4, -0.2) is 42.5 Å². The number of aromatic nitrogens is 1. The number of aryl methyl sites for hydroxylation is 1. The van der Waals surface area contributed by atoms with Crippen molar-refractivity contribution >= 4 is 28.4 Å². The molecule has 1 aliphatic carbocycles. The molecule has 2 aliphatic rings. The molecule has 1 amide bonds. The number of hydrogen-bond donors (Lipinski definition) is 2. The number of ether oxygens (including phenoxy) is 1. The van der Waals surface area contributed by atoms with Gasteiger partial charge in [-0.2, -0.15) is 0 Å². The molecule has 1 aromatic carbocycles. The van der Waals surface area contributed by atoms with E-state index in [1.807, 2.05) is 13.0 Å². The number of nitrogens with one attached hydrogen (secondary N) is 1. The van der Waals surface area contributed by atoms with Crippen molar-refractivity contribution in [3.05, 3.63) is 30.0 Å². The lowest BCUT2D eigenvalue weighted by Gasteiger charge is -2.28. The Kier molecular flexibility index (Phi) is 5.93. The second-order valence-corrected chi connectivity index (χ2v) is 6.95. The van der Waals surface area contributed by atoms with Gasteiger partial charge in [-0.1, -0.05) is 19.3 Å². The third-order valence-corrected chi connectivity index (χ3v) is 4.57. The van der Waals surface area contributed by atoms with Crippen molar-refractivity contribution in [2.45, 2.75) is 45.1 Å². The Morgan fingerprint density at radius 2 is 2.08 bits per heavy atom. The first-order chi connectivity index (χ1) is 12.6. The Bertz CT molecular complexity index is 773. The maximum Gasteiger partial charge on any atom is 0.409 e. The normalized spacial score (nSPS) is 18.4. The Labute approximate surface area is 154 Å². The minimum Gasteiger partial charge on any atom is -0.465 e. The van der Waals surface area contributed by atoms with Crippen LogP contribution in [0.5, 0.6) is 0 Å². The first-order valence-corrected chi connectivity index (χ1v) is 9.25. The Balaban J connectivity index is 0.000000592. The quantitative estimate of drug-likeness (QED) is 0.847. The molecule has 0 radical (unpaired) electrons. The zero-order valence-electron chi connectivity index (χ0n) is 15.5. The number of amides is 1. The predicted molar refractivity (Wildman–Crippen MR) is 104 cm³/mol. The molecule has 6 nitrogen and oxygen atoms in total. The number of carboxylic acid groups (broad SMARTS) is 1. The van der Waals surface area contributed by atoms with E-state index >= 15 is 0 Å². The van der Waals surface area contributed by atoms with Crippen LogP contribution in [0.1, 0.15) is 37.8 Å². The highest BCUT2D eigenvalue weighted by atomic mass is 16.5. The molecule has 0 spiro atoms. The Morgan fingerprint density at radius 3 is 2.73 bits per heavy atom. The third kappa shape index (κ3) is 4.64. The van der Waals surface area contributed by atoms with Crippen LogP contribution in [0.25, 0.3) is 10.9 Å². The maximum absolute atomic E-state index is 10.8. The van der Waals surface area contributed by atoms with Gasteiger partial charge in [-0.25, -0.2) is 4.79 Å². The molecule has 2 aromatic rings. The fraction of sp³-hybridized carbons (Fsp3) is 0.500. The summed E-state index contributed by atoms with van der Waals surface area (Å²) in [4.78, 5) is 17.7. The summed E-state index contributed by atoms with van der Waals surface area (Å²) < 4.78 is 5.35. The number of anilines is 2. The molecule has 26 heavy (non-hydrogen) atoms. The average molecular weight is 357 g/mol.